The molecule has 0 aliphatic heterocycles. The Hall–Kier alpha value is -1.27. The fourth-order valence-electron chi connectivity index (χ4n) is 2.04. The second-order valence-electron chi connectivity index (χ2n) is 5.47. The van der Waals surface area contributed by atoms with Gasteiger partial charge in [-0.15, -0.1) is 0 Å². The minimum Gasteiger partial charge on any atom is -0.496 e. The van der Waals surface area contributed by atoms with Crippen molar-refractivity contribution in [3.05, 3.63) is 29.3 Å². The molecule has 21 heavy (non-hydrogen) atoms. The molecule has 1 aromatic carbocycles. The summed E-state index contributed by atoms with van der Waals surface area (Å²) >= 11 is 0. The van der Waals surface area contributed by atoms with Gasteiger partial charge in [-0.25, -0.2) is 0 Å². The maximum absolute atomic E-state index is 12.4. The molecule has 3 nitrogen and oxygen atoms in total. The number of nitrogens with one attached hydrogen (secondary N) is 1. The monoisotopic (exact) mass is 304 g/mol. The van der Waals surface area contributed by atoms with Crippen molar-refractivity contribution in [2.45, 2.75) is 39.2 Å². The number of alkyl halides is 3. The second-order valence-corrected chi connectivity index (χ2v) is 5.47. The van der Waals surface area contributed by atoms with Crippen LogP contribution < -0.4 is 10.1 Å². The van der Waals surface area contributed by atoms with Crippen LogP contribution in [0.25, 0.3) is 0 Å². The lowest BCUT2D eigenvalue weighted by atomic mass is 10.1. The van der Waals surface area contributed by atoms with E-state index in [4.69, 9.17) is 4.74 Å². The van der Waals surface area contributed by atoms with Gasteiger partial charge in [-0.05, 0) is 24.7 Å². The number of ether oxygens (including phenoxy) is 1. The Morgan fingerprint density at radius 3 is 2.48 bits per heavy atom. The van der Waals surface area contributed by atoms with Crippen LogP contribution in [0.4, 0.5) is 13.2 Å². The molecule has 0 unspecified atom stereocenters. The van der Waals surface area contributed by atoms with E-state index in [-0.39, 0.29) is 6.54 Å². The zero-order valence-electron chi connectivity index (χ0n) is 12.9. The molecule has 0 heterocycles. The van der Waals surface area contributed by atoms with Crippen molar-refractivity contribution in [3.63, 3.8) is 0 Å². The molecule has 6 heteroatoms. The zero-order chi connectivity index (χ0) is 16.0. The number of rotatable bonds is 7. The summed E-state index contributed by atoms with van der Waals surface area (Å²) in [6, 6.07) is 5.96. The summed E-state index contributed by atoms with van der Waals surface area (Å²) in [5.74, 6) is 0.609. The average molecular weight is 304 g/mol. The van der Waals surface area contributed by atoms with E-state index in [1.54, 1.807) is 6.07 Å². The van der Waals surface area contributed by atoms with Gasteiger partial charge >= 0.3 is 6.18 Å². The van der Waals surface area contributed by atoms with Gasteiger partial charge in [0.15, 0.2) is 0 Å². The van der Waals surface area contributed by atoms with Crippen molar-refractivity contribution < 1.29 is 17.9 Å². The van der Waals surface area contributed by atoms with Crippen molar-refractivity contribution in [2.24, 2.45) is 0 Å². The Balaban J connectivity index is 2.80. The molecule has 1 rings (SSSR count). The van der Waals surface area contributed by atoms with Gasteiger partial charge in [0.2, 0.25) is 0 Å². The Labute approximate surface area is 124 Å². The van der Waals surface area contributed by atoms with Crippen LogP contribution in [0.2, 0.25) is 0 Å². The van der Waals surface area contributed by atoms with Gasteiger partial charge in [0.1, 0.15) is 5.75 Å². The van der Waals surface area contributed by atoms with E-state index >= 15 is 0 Å². The van der Waals surface area contributed by atoms with Crippen molar-refractivity contribution in [1.29, 1.82) is 0 Å². The summed E-state index contributed by atoms with van der Waals surface area (Å²) in [4.78, 5) is 1.23. The Morgan fingerprint density at radius 1 is 1.29 bits per heavy atom. The molecular formula is C15H23F3N2O. The van der Waals surface area contributed by atoms with Gasteiger partial charge < -0.3 is 10.1 Å². The van der Waals surface area contributed by atoms with Crippen LogP contribution in [-0.4, -0.2) is 37.8 Å². The van der Waals surface area contributed by atoms with Gasteiger partial charge in [-0.3, -0.25) is 4.90 Å². The standard InChI is InChI=1S/C15H23F3N2O/c1-11(2)19-8-12-5-6-14(21-4)13(7-12)9-20(3)10-15(16,17)18/h5-7,11,19H,8-10H2,1-4H3. The summed E-state index contributed by atoms with van der Waals surface area (Å²) in [5, 5.41) is 3.28. The van der Waals surface area contributed by atoms with E-state index in [9.17, 15) is 13.2 Å². The first-order valence-electron chi connectivity index (χ1n) is 6.85. The third-order valence-corrected chi connectivity index (χ3v) is 2.95. The van der Waals surface area contributed by atoms with Crippen LogP contribution in [0.5, 0.6) is 5.75 Å². The highest BCUT2D eigenvalue weighted by atomic mass is 19.4. The quantitative estimate of drug-likeness (QED) is 0.837. The largest absolute Gasteiger partial charge is 0.496 e. The lowest BCUT2D eigenvalue weighted by molar-refractivity contribution is -0.144. The number of hydrogen-bond acceptors (Lipinski definition) is 3. The van der Waals surface area contributed by atoms with E-state index in [2.05, 4.69) is 5.32 Å². The van der Waals surface area contributed by atoms with Crippen molar-refractivity contribution in [3.8, 4) is 5.75 Å². The van der Waals surface area contributed by atoms with Gasteiger partial charge in [-0.2, -0.15) is 13.2 Å². The lowest BCUT2D eigenvalue weighted by Crippen LogP contribution is -2.30. The van der Waals surface area contributed by atoms with E-state index in [1.165, 1.54) is 19.1 Å². The number of hydrogen-bond donors (Lipinski definition) is 1. The Bertz CT molecular complexity index is 447. The summed E-state index contributed by atoms with van der Waals surface area (Å²) in [5.41, 5.74) is 1.78. The van der Waals surface area contributed by atoms with E-state index < -0.39 is 12.7 Å². The van der Waals surface area contributed by atoms with Crippen LogP contribution in [0.1, 0.15) is 25.0 Å². The first-order valence-corrected chi connectivity index (χ1v) is 6.85. The van der Waals surface area contributed by atoms with Gasteiger partial charge in [0.25, 0.3) is 0 Å². The van der Waals surface area contributed by atoms with Crippen LogP contribution in [0.3, 0.4) is 0 Å². The molecular weight excluding hydrogens is 281 g/mol. The average Bonchev–Trinajstić information content (AvgIpc) is 2.34. The predicted octanol–water partition coefficient (Wildman–Crippen LogP) is 3.19. The first-order chi connectivity index (χ1) is 9.71. The van der Waals surface area contributed by atoms with Crippen LogP contribution >= 0.6 is 0 Å². The molecule has 0 aliphatic carbocycles. The summed E-state index contributed by atoms with van der Waals surface area (Å²) in [6.07, 6.45) is -4.20. The van der Waals surface area contributed by atoms with E-state index in [0.29, 0.717) is 18.3 Å². The van der Waals surface area contributed by atoms with Gasteiger partial charge in [0, 0.05) is 24.7 Å². The van der Waals surface area contributed by atoms with E-state index in [1.807, 2.05) is 26.0 Å². The third kappa shape index (κ3) is 6.82. The van der Waals surface area contributed by atoms with Gasteiger partial charge in [0.05, 0.1) is 13.7 Å². The van der Waals surface area contributed by atoms with Crippen molar-refractivity contribution in [2.75, 3.05) is 20.7 Å². The maximum atomic E-state index is 12.4. The SMILES string of the molecule is COc1ccc(CNC(C)C)cc1CN(C)CC(F)(F)F. The minimum absolute atomic E-state index is 0.193. The molecule has 0 bridgehead atoms. The van der Waals surface area contributed by atoms with Crippen molar-refractivity contribution in [1.82, 2.24) is 10.2 Å². The molecule has 120 valence electrons. The lowest BCUT2D eigenvalue weighted by Gasteiger charge is -2.20. The highest BCUT2D eigenvalue weighted by Crippen LogP contribution is 2.23. The number of methoxy groups -OCH3 is 1. The van der Waals surface area contributed by atoms with Crippen LogP contribution in [-0.2, 0) is 13.1 Å². The number of benzene rings is 1. The molecule has 1 aromatic rings. The minimum atomic E-state index is -4.20. The Kier molecular flexibility index (Phi) is 6.48. The number of nitrogens with zero attached hydrogens (tertiary/aromatic N) is 1. The highest BCUT2D eigenvalue weighted by Gasteiger charge is 2.29. The summed E-state index contributed by atoms with van der Waals surface area (Å²) in [6.45, 7) is 4.02. The molecule has 0 radical (unpaired) electrons. The maximum Gasteiger partial charge on any atom is 0.401 e. The summed E-state index contributed by atoms with van der Waals surface area (Å²) in [7, 11) is 2.97. The van der Waals surface area contributed by atoms with E-state index in [0.717, 1.165) is 11.1 Å². The molecule has 0 atom stereocenters. The molecule has 0 spiro atoms. The van der Waals surface area contributed by atoms with Crippen molar-refractivity contribution >= 4 is 0 Å². The smallest absolute Gasteiger partial charge is 0.401 e. The fraction of sp³-hybridized carbons (Fsp3) is 0.600. The highest BCUT2D eigenvalue weighted by molar-refractivity contribution is 5.37. The molecule has 0 amide bonds. The predicted molar refractivity (Wildman–Crippen MR) is 77.4 cm³/mol. The molecule has 0 aliphatic rings. The Morgan fingerprint density at radius 2 is 1.95 bits per heavy atom. The molecule has 0 aromatic heterocycles. The topological polar surface area (TPSA) is 24.5 Å². The summed E-state index contributed by atoms with van der Waals surface area (Å²) < 4.78 is 42.4. The van der Waals surface area contributed by atoms with Gasteiger partial charge in [-0.1, -0.05) is 19.9 Å². The first kappa shape index (κ1) is 17.8. The molecule has 0 fully saturated rings. The number of halogens is 3. The molecule has 0 saturated carbocycles. The van der Waals surface area contributed by atoms with Crippen LogP contribution in [0, 0.1) is 0 Å². The normalized spacial score (nSPS) is 12.2. The molecule has 0 saturated heterocycles. The van der Waals surface area contributed by atoms with Crippen LogP contribution in [0.15, 0.2) is 18.2 Å². The zero-order valence-corrected chi connectivity index (χ0v) is 12.9. The third-order valence-electron chi connectivity index (χ3n) is 2.95. The fourth-order valence-corrected chi connectivity index (χ4v) is 2.04. The molecule has 1 N–H and O–H groups in total. The second kappa shape index (κ2) is 7.66.